The van der Waals surface area contributed by atoms with Gasteiger partial charge in [-0.1, -0.05) is 18.2 Å². The molecule has 1 N–H and O–H groups in total. The van der Waals surface area contributed by atoms with Crippen LogP contribution in [0.5, 0.6) is 0 Å². The highest BCUT2D eigenvalue weighted by molar-refractivity contribution is 6.13. The fraction of sp³-hybridized carbons (Fsp3) is 0.111. The molecular formula is C9H7NO2. The maximum absolute atomic E-state index is 11.2. The second kappa shape index (κ2) is 2.44. The molecule has 0 radical (unpaired) electrons. The molecule has 1 aromatic carbocycles. The van der Waals surface area contributed by atoms with Crippen molar-refractivity contribution in [2.75, 3.05) is 6.54 Å². The van der Waals surface area contributed by atoms with E-state index >= 15 is 0 Å². The summed E-state index contributed by atoms with van der Waals surface area (Å²) in [6, 6.07) is 6.84. The van der Waals surface area contributed by atoms with Crippen LogP contribution in [0, 0.1) is 0 Å². The van der Waals surface area contributed by atoms with Crippen molar-refractivity contribution in [1.82, 2.24) is 5.32 Å². The van der Waals surface area contributed by atoms with Crippen molar-refractivity contribution in [3.05, 3.63) is 35.4 Å². The van der Waals surface area contributed by atoms with Gasteiger partial charge in [0.25, 0.3) is 5.91 Å². The fourth-order valence-electron chi connectivity index (χ4n) is 1.28. The molecule has 60 valence electrons. The average molecular weight is 161 g/mol. The molecule has 3 heteroatoms. The van der Waals surface area contributed by atoms with Gasteiger partial charge in [-0.15, -0.1) is 0 Å². The van der Waals surface area contributed by atoms with E-state index in [-0.39, 0.29) is 18.2 Å². The van der Waals surface area contributed by atoms with Gasteiger partial charge in [0.1, 0.15) is 0 Å². The van der Waals surface area contributed by atoms with Gasteiger partial charge in [-0.3, -0.25) is 9.59 Å². The number of Topliss-reactive ketones (excluding diaryl/α,β-unsaturated/α-hetero) is 1. The largest absolute Gasteiger partial charge is 0.345 e. The van der Waals surface area contributed by atoms with E-state index in [0.29, 0.717) is 11.1 Å². The molecule has 1 aliphatic rings. The fourth-order valence-corrected chi connectivity index (χ4v) is 1.28. The lowest BCUT2D eigenvalue weighted by Crippen LogP contribution is -2.36. The molecule has 12 heavy (non-hydrogen) atoms. The predicted molar refractivity (Wildman–Crippen MR) is 43.1 cm³/mol. The summed E-state index contributed by atoms with van der Waals surface area (Å²) in [5, 5.41) is 2.50. The minimum absolute atomic E-state index is 0.0230. The minimum Gasteiger partial charge on any atom is -0.345 e. The Kier molecular flexibility index (Phi) is 1.43. The molecule has 0 fully saturated rings. The Hall–Kier alpha value is -1.64. The highest BCUT2D eigenvalue weighted by Gasteiger charge is 2.21. The number of carbonyl (C=O) groups excluding carboxylic acids is 2. The minimum atomic E-state index is -0.162. The van der Waals surface area contributed by atoms with Crippen LogP contribution in [0.3, 0.4) is 0 Å². The average Bonchev–Trinajstić information content (AvgIpc) is 2.12. The highest BCUT2D eigenvalue weighted by atomic mass is 16.2. The quantitative estimate of drug-likeness (QED) is 0.606. The summed E-state index contributed by atoms with van der Waals surface area (Å²) in [5.41, 5.74) is 1.01. The summed E-state index contributed by atoms with van der Waals surface area (Å²) in [6.45, 7) is 0.121. The summed E-state index contributed by atoms with van der Waals surface area (Å²) in [7, 11) is 0. The molecule has 0 unspecified atom stereocenters. The molecule has 1 amide bonds. The van der Waals surface area contributed by atoms with Crippen molar-refractivity contribution in [2.45, 2.75) is 0 Å². The molecule has 0 atom stereocenters. The lowest BCUT2D eigenvalue weighted by atomic mass is 10.00. The Labute approximate surface area is 69.4 Å². The molecule has 0 bridgehead atoms. The smallest absolute Gasteiger partial charge is 0.252 e. The number of carbonyl (C=O) groups is 2. The Balaban J connectivity index is 2.62. The molecule has 0 saturated carbocycles. The van der Waals surface area contributed by atoms with Crippen molar-refractivity contribution in [1.29, 1.82) is 0 Å². The molecular weight excluding hydrogens is 154 g/mol. The summed E-state index contributed by atoms with van der Waals surface area (Å²) in [5.74, 6) is -0.185. The molecule has 1 heterocycles. The molecule has 0 saturated heterocycles. The van der Waals surface area contributed by atoms with Gasteiger partial charge in [0, 0.05) is 5.56 Å². The number of benzene rings is 1. The second-order valence-corrected chi connectivity index (χ2v) is 2.65. The van der Waals surface area contributed by atoms with Crippen LogP contribution in [0.1, 0.15) is 20.7 Å². The normalized spacial score (nSPS) is 15.3. The maximum atomic E-state index is 11.2. The first-order valence-electron chi connectivity index (χ1n) is 3.69. The van der Waals surface area contributed by atoms with Crippen molar-refractivity contribution in [3.63, 3.8) is 0 Å². The summed E-state index contributed by atoms with van der Waals surface area (Å²) in [4.78, 5) is 22.4. The third kappa shape index (κ3) is 0.906. The van der Waals surface area contributed by atoms with Crippen LogP contribution >= 0.6 is 0 Å². The van der Waals surface area contributed by atoms with Crippen LogP contribution in [0.25, 0.3) is 0 Å². The zero-order valence-corrected chi connectivity index (χ0v) is 6.33. The van der Waals surface area contributed by atoms with E-state index in [9.17, 15) is 9.59 Å². The molecule has 2 rings (SSSR count). The van der Waals surface area contributed by atoms with Gasteiger partial charge in [-0.05, 0) is 6.07 Å². The van der Waals surface area contributed by atoms with E-state index in [1.54, 1.807) is 24.3 Å². The SMILES string of the molecule is O=C1CNC(=O)c2ccccc21. The summed E-state index contributed by atoms with van der Waals surface area (Å²) in [6.07, 6.45) is 0. The van der Waals surface area contributed by atoms with E-state index in [4.69, 9.17) is 0 Å². The zero-order valence-electron chi connectivity index (χ0n) is 6.33. The maximum Gasteiger partial charge on any atom is 0.252 e. The van der Waals surface area contributed by atoms with E-state index in [0.717, 1.165) is 0 Å². The topological polar surface area (TPSA) is 46.2 Å². The van der Waals surface area contributed by atoms with E-state index in [1.165, 1.54) is 0 Å². The van der Waals surface area contributed by atoms with Gasteiger partial charge in [0.15, 0.2) is 5.78 Å². The third-order valence-electron chi connectivity index (χ3n) is 1.88. The Bertz CT molecular complexity index is 322. The Morgan fingerprint density at radius 1 is 1.08 bits per heavy atom. The number of rotatable bonds is 0. The molecule has 1 aromatic rings. The number of amides is 1. The second-order valence-electron chi connectivity index (χ2n) is 2.65. The first kappa shape index (κ1) is 7.03. The van der Waals surface area contributed by atoms with Crippen LogP contribution in [-0.4, -0.2) is 18.2 Å². The lowest BCUT2D eigenvalue weighted by Gasteiger charge is -2.13. The van der Waals surface area contributed by atoms with E-state index < -0.39 is 0 Å². The third-order valence-corrected chi connectivity index (χ3v) is 1.88. The monoisotopic (exact) mass is 161 g/mol. The molecule has 3 nitrogen and oxygen atoms in total. The predicted octanol–water partition coefficient (Wildman–Crippen LogP) is 0.613. The summed E-state index contributed by atoms with van der Waals surface area (Å²) >= 11 is 0. The molecule has 0 spiro atoms. The Morgan fingerprint density at radius 3 is 2.42 bits per heavy atom. The van der Waals surface area contributed by atoms with E-state index in [2.05, 4.69) is 5.32 Å². The Morgan fingerprint density at radius 2 is 1.75 bits per heavy atom. The number of ketones is 1. The number of nitrogens with one attached hydrogen (secondary N) is 1. The van der Waals surface area contributed by atoms with Crippen molar-refractivity contribution in [2.24, 2.45) is 0 Å². The summed E-state index contributed by atoms with van der Waals surface area (Å²) < 4.78 is 0. The van der Waals surface area contributed by atoms with Gasteiger partial charge in [-0.2, -0.15) is 0 Å². The van der Waals surface area contributed by atoms with Gasteiger partial charge >= 0.3 is 0 Å². The van der Waals surface area contributed by atoms with Gasteiger partial charge < -0.3 is 5.32 Å². The zero-order chi connectivity index (χ0) is 8.55. The number of fused-ring (bicyclic) bond motifs is 1. The van der Waals surface area contributed by atoms with E-state index in [1.807, 2.05) is 0 Å². The van der Waals surface area contributed by atoms with Crippen LogP contribution < -0.4 is 5.32 Å². The first-order valence-corrected chi connectivity index (χ1v) is 3.69. The number of hydrogen-bond donors (Lipinski definition) is 1. The van der Waals surface area contributed by atoms with Crippen molar-refractivity contribution in [3.8, 4) is 0 Å². The van der Waals surface area contributed by atoms with Crippen LogP contribution in [0.15, 0.2) is 24.3 Å². The first-order chi connectivity index (χ1) is 5.79. The van der Waals surface area contributed by atoms with Crippen LogP contribution in [0.2, 0.25) is 0 Å². The van der Waals surface area contributed by atoms with Crippen molar-refractivity contribution >= 4 is 11.7 Å². The highest BCUT2D eigenvalue weighted by Crippen LogP contribution is 2.12. The van der Waals surface area contributed by atoms with Gasteiger partial charge in [0.05, 0.1) is 12.1 Å². The lowest BCUT2D eigenvalue weighted by molar-refractivity contribution is 0.0877. The van der Waals surface area contributed by atoms with Crippen LogP contribution in [-0.2, 0) is 0 Å². The molecule has 0 aliphatic carbocycles. The molecule has 1 aliphatic heterocycles. The van der Waals surface area contributed by atoms with Crippen molar-refractivity contribution < 1.29 is 9.59 Å². The van der Waals surface area contributed by atoms with Gasteiger partial charge in [0.2, 0.25) is 0 Å². The number of hydrogen-bond acceptors (Lipinski definition) is 2. The standard InChI is InChI=1S/C9H7NO2/c11-8-5-10-9(12)7-4-2-1-3-6(7)8/h1-4H,5H2,(H,10,12). The van der Waals surface area contributed by atoms with Crippen LogP contribution in [0.4, 0.5) is 0 Å². The van der Waals surface area contributed by atoms with Gasteiger partial charge in [-0.25, -0.2) is 0 Å². The molecule has 0 aromatic heterocycles.